The van der Waals surface area contributed by atoms with Crippen LogP contribution in [0.1, 0.15) is 22.8 Å². The highest BCUT2D eigenvalue weighted by Gasteiger charge is 2.11. The Kier molecular flexibility index (Phi) is 3.71. The monoisotopic (exact) mass is 257 g/mol. The van der Waals surface area contributed by atoms with Crippen molar-refractivity contribution in [3.05, 3.63) is 53.6 Å². The quantitative estimate of drug-likeness (QED) is 0.740. The van der Waals surface area contributed by atoms with Crippen molar-refractivity contribution in [2.24, 2.45) is 0 Å². The van der Waals surface area contributed by atoms with E-state index >= 15 is 0 Å². The zero-order valence-electron chi connectivity index (χ0n) is 10.6. The lowest BCUT2D eigenvalue weighted by Crippen LogP contribution is -2.12. The smallest absolute Gasteiger partial charge is 0.259 e. The van der Waals surface area contributed by atoms with Crippen LogP contribution in [0.2, 0.25) is 0 Å². The molecule has 2 aromatic carbocycles. The van der Waals surface area contributed by atoms with Gasteiger partial charge in [-0.25, -0.2) is 0 Å². The normalized spacial score (nSPS) is 10.2. The van der Waals surface area contributed by atoms with Gasteiger partial charge in [0.25, 0.3) is 5.91 Å². The van der Waals surface area contributed by atoms with E-state index in [1.165, 1.54) is 12.1 Å². The molecular weight excluding hydrogens is 242 g/mol. The second-order valence-electron chi connectivity index (χ2n) is 4.21. The van der Waals surface area contributed by atoms with Gasteiger partial charge in [0.05, 0.1) is 5.56 Å². The van der Waals surface area contributed by atoms with E-state index < -0.39 is 0 Å². The summed E-state index contributed by atoms with van der Waals surface area (Å²) in [5.74, 6) is -0.283. The second-order valence-corrected chi connectivity index (χ2v) is 4.21. The zero-order chi connectivity index (χ0) is 13.8. The van der Waals surface area contributed by atoms with E-state index in [0.29, 0.717) is 5.69 Å². The largest absolute Gasteiger partial charge is 0.508 e. The molecule has 2 aromatic rings. The van der Waals surface area contributed by atoms with Crippen molar-refractivity contribution in [3.8, 4) is 11.5 Å². The molecule has 0 atom stereocenters. The van der Waals surface area contributed by atoms with Crippen molar-refractivity contribution in [1.82, 2.24) is 0 Å². The van der Waals surface area contributed by atoms with Gasteiger partial charge in [0.2, 0.25) is 0 Å². The third-order valence-corrected chi connectivity index (χ3v) is 2.84. The number of amides is 1. The van der Waals surface area contributed by atoms with Crippen LogP contribution in [-0.4, -0.2) is 16.1 Å². The Morgan fingerprint density at radius 2 is 1.79 bits per heavy atom. The third kappa shape index (κ3) is 3.04. The van der Waals surface area contributed by atoms with E-state index in [-0.39, 0.29) is 23.0 Å². The summed E-state index contributed by atoms with van der Waals surface area (Å²) < 4.78 is 0. The van der Waals surface area contributed by atoms with Gasteiger partial charge in [0.1, 0.15) is 11.5 Å². The highest BCUT2D eigenvalue weighted by molar-refractivity contribution is 6.06. The minimum absolute atomic E-state index is 0.0318. The molecule has 0 spiro atoms. The number of benzene rings is 2. The maximum absolute atomic E-state index is 12.0. The SMILES string of the molecule is CCc1ccc(C(=O)Nc2ccc(O)cc2)c(O)c1. The van der Waals surface area contributed by atoms with E-state index in [4.69, 9.17) is 5.11 Å². The molecule has 0 unspecified atom stereocenters. The van der Waals surface area contributed by atoms with Gasteiger partial charge in [-0.3, -0.25) is 4.79 Å². The maximum atomic E-state index is 12.0. The minimum Gasteiger partial charge on any atom is -0.508 e. The molecule has 19 heavy (non-hydrogen) atoms. The van der Waals surface area contributed by atoms with Crippen LogP contribution in [0.5, 0.6) is 11.5 Å². The minimum atomic E-state index is -0.383. The molecule has 0 aliphatic rings. The first-order valence-corrected chi connectivity index (χ1v) is 6.02. The summed E-state index contributed by atoms with van der Waals surface area (Å²) in [6, 6.07) is 11.1. The number of carbonyl (C=O) groups is 1. The number of rotatable bonds is 3. The van der Waals surface area contributed by atoms with Gasteiger partial charge in [-0.1, -0.05) is 13.0 Å². The van der Waals surface area contributed by atoms with Crippen molar-refractivity contribution in [1.29, 1.82) is 0 Å². The van der Waals surface area contributed by atoms with Gasteiger partial charge in [-0.05, 0) is 48.4 Å². The van der Waals surface area contributed by atoms with E-state index in [1.807, 2.05) is 13.0 Å². The highest BCUT2D eigenvalue weighted by Crippen LogP contribution is 2.21. The number of aryl methyl sites for hydroxylation is 1. The summed E-state index contributed by atoms with van der Waals surface area (Å²) in [5.41, 5.74) is 1.76. The molecule has 0 aliphatic carbocycles. The van der Waals surface area contributed by atoms with E-state index in [9.17, 15) is 9.90 Å². The van der Waals surface area contributed by atoms with E-state index in [0.717, 1.165) is 12.0 Å². The van der Waals surface area contributed by atoms with Crippen LogP contribution >= 0.6 is 0 Å². The van der Waals surface area contributed by atoms with Crippen LogP contribution in [0, 0.1) is 0 Å². The molecule has 1 amide bonds. The number of aromatic hydroxyl groups is 2. The Bertz CT molecular complexity index is 591. The summed E-state index contributed by atoms with van der Waals surface area (Å²) in [6.07, 6.45) is 0.799. The fourth-order valence-electron chi connectivity index (χ4n) is 1.73. The predicted octanol–water partition coefficient (Wildman–Crippen LogP) is 2.91. The van der Waals surface area contributed by atoms with E-state index in [1.54, 1.807) is 24.3 Å². The van der Waals surface area contributed by atoms with Gasteiger partial charge in [0.15, 0.2) is 0 Å². The summed E-state index contributed by atoms with van der Waals surface area (Å²) in [6.45, 7) is 1.98. The molecule has 0 saturated carbocycles. The van der Waals surface area contributed by atoms with Crippen molar-refractivity contribution in [2.45, 2.75) is 13.3 Å². The molecule has 0 radical (unpaired) electrons. The topological polar surface area (TPSA) is 69.6 Å². The molecule has 0 fully saturated rings. The zero-order valence-corrected chi connectivity index (χ0v) is 10.6. The van der Waals surface area contributed by atoms with Crippen LogP contribution < -0.4 is 5.32 Å². The number of anilines is 1. The molecule has 0 bridgehead atoms. The van der Waals surface area contributed by atoms with Gasteiger partial charge in [-0.15, -0.1) is 0 Å². The molecule has 4 heteroatoms. The molecule has 98 valence electrons. The van der Waals surface area contributed by atoms with Crippen LogP contribution in [0.25, 0.3) is 0 Å². The molecule has 0 aromatic heterocycles. The van der Waals surface area contributed by atoms with Gasteiger partial charge < -0.3 is 15.5 Å². The molecule has 0 aliphatic heterocycles. The van der Waals surface area contributed by atoms with Crippen LogP contribution in [0.3, 0.4) is 0 Å². The number of phenolic OH excluding ortho intramolecular Hbond substituents is 2. The Morgan fingerprint density at radius 1 is 1.11 bits per heavy atom. The van der Waals surface area contributed by atoms with Crippen molar-refractivity contribution in [3.63, 3.8) is 0 Å². The first-order chi connectivity index (χ1) is 9.10. The molecule has 2 rings (SSSR count). The second kappa shape index (κ2) is 5.44. The molecule has 0 saturated heterocycles. The van der Waals surface area contributed by atoms with Crippen LogP contribution in [0.15, 0.2) is 42.5 Å². The first kappa shape index (κ1) is 13.0. The lowest BCUT2D eigenvalue weighted by molar-refractivity contribution is 0.102. The van der Waals surface area contributed by atoms with Gasteiger partial charge in [0, 0.05) is 5.69 Å². The number of hydrogen-bond acceptors (Lipinski definition) is 3. The maximum Gasteiger partial charge on any atom is 0.259 e. The fourth-order valence-corrected chi connectivity index (χ4v) is 1.73. The third-order valence-electron chi connectivity index (χ3n) is 2.84. The number of phenols is 2. The molecule has 0 heterocycles. The average molecular weight is 257 g/mol. The Labute approximate surface area is 111 Å². The number of carbonyl (C=O) groups excluding carboxylic acids is 1. The van der Waals surface area contributed by atoms with Gasteiger partial charge in [-0.2, -0.15) is 0 Å². The first-order valence-electron chi connectivity index (χ1n) is 6.02. The fraction of sp³-hybridized carbons (Fsp3) is 0.133. The molecule has 4 nitrogen and oxygen atoms in total. The average Bonchev–Trinajstić information content (AvgIpc) is 2.41. The van der Waals surface area contributed by atoms with Crippen molar-refractivity contribution < 1.29 is 15.0 Å². The summed E-state index contributed by atoms with van der Waals surface area (Å²) in [5, 5.41) is 21.6. The summed E-state index contributed by atoms with van der Waals surface area (Å²) in [7, 11) is 0. The van der Waals surface area contributed by atoms with E-state index in [2.05, 4.69) is 5.32 Å². The van der Waals surface area contributed by atoms with Crippen LogP contribution in [-0.2, 0) is 6.42 Å². The van der Waals surface area contributed by atoms with Crippen LogP contribution in [0.4, 0.5) is 5.69 Å². The lowest BCUT2D eigenvalue weighted by atomic mass is 10.1. The van der Waals surface area contributed by atoms with Crippen molar-refractivity contribution >= 4 is 11.6 Å². The Balaban J connectivity index is 2.18. The summed E-state index contributed by atoms with van der Waals surface area (Å²) >= 11 is 0. The summed E-state index contributed by atoms with van der Waals surface area (Å²) in [4.78, 5) is 12.0. The molecule has 3 N–H and O–H groups in total. The van der Waals surface area contributed by atoms with Crippen molar-refractivity contribution in [2.75, 3.05) is 5.32 Å². The Morgan fingerprint density at radius 3 is 2.37 bits per heavy atom. The lowest BCUT2D eigenvalue weighted by Gasteiger charge is -2.08. The predicted molar refractivity (Wildman–Crippen MR) is 73.5 cm³/mol. The van der Waals surface area contributed by atoms with Gasteiger partial charge >= 0.3 is 0 Å². The standard InChI is InChI=1S/C15H15NO3/c1-2-10-3-8-13(14(18)9-10)15(19)16-11-4-6-12(17)7-5-11/h3-9,17-18H,2H2,1H3,(H,16,19). The highest BCUT2D eigenvalue weighted by atomic mass is 16.3. The molecular formula is C15H15NO3. The number of nitrogens with one attached hydrogen (secondary N) is 1. The Hall–Kier alpha value is -2.49. The number of hydrogen-bond donors (Lipinski definition) is 3.